The number of carbonyl (C=O) groups excluding carboxylic acids is 4. The zero-order valence-corrected chi connectivity index (χ0v) is 25.2. The number of nitrogens with one attached hydrogen (secondary N) is 2. The Morgan fingerprint density at radius 1 is 0.864 bits per heavy atom. The number of halogens is 1. The zero-order valence-electron chi connectivity index (χ0n) is 24.5. The van der Waals surface area contributed by atoms with E-state index in [1.807, 2.05) is 6.92 Å². The van der Waals surface area contributed by atoms with Crippen LogP contribution in [0.4, 0.5) is 16.2 Å². The summed E-state index contributed by atoms with van der Waals surface area (Å²) < 4.78 is 22.7. The fraction of sp³-hybridized carbons (Fsp3) is 0.250. The third-order valence-electron chi connectivity index (χ3n) is 6.13. The molecule has 1 fully saturated rings. The quantitative estimate of drug-likeness (QED) is 0.186. The van der Waals surface area contributed by atoms with Gasteiger partial charge in [-0.3, -0.25) is 19.7 Å². The van der Waals surface area contributed by atoms with Crippen molar-refractivity contribution >= 4 is 52.8 Å². The van der Waals surface area contributed by atoms with E-state index in [9.17, 15) is 19.2 Å². The molecule has 1 aliphatic heterocycles. The summed E-state index contributed by atoms with van der Waals surface area (Å²) in [6.45, 7) is 6.31. The molecule has 0 saturated carbocycles. The van der Waals surface area contributed by atoms with E-state index in [0.29, 0.717) is 41.0 Å². The molecule has 3 aromatic carbocycles. The molecule has 12 heteroatoms. The van der Waals surface area contributed by atoms with Crippen LogP contribution in [0.5, 0.6) is 23.0 Å². The second-order valence-corrected chi connectivity index (χ2v) is 9.73. The van der Waals surface area contributed by atoms with Crippen LogP contribution in [-0.2, 0) is 14.4 Å². The zero-order chi connectivity index (χ0) is 31.6. The van der Waals surface area contributed by atoms with Gasteiger partial charge in [-0.2, -0.15) is 0 Å². The van der Waals surface area contributed by atoms with E-state index in [1.54, 1.807) is 68.4 Å². The van der Waals surface area contributed by atoms with Gasteiger partial charge in [0.15, 0.2) is 29.6 Å². The van der Waals surface area contributed by atoms with Crippen LogP contribution in [-0.4, -0.2) is 50.2 Å². The molecule has 0 bridgehead atoms. The van der Waals surface area contributed by atoms with Crippen LogP contribution >= 0.6 is 11.6 Å². The minimum Gasteiger partial charge on any atom is -0.490 e. The molecule has 0 unspecified atom stereocenters. The molecule has 3 aromatic rings. The Hall–Kier alpha value is -5.03. The predicted molar refractivity (Wildman–Crippen MR) is 166 cm³/mol. The topological polar surface area (TPSA) is 132 Å². The summed E-state index contributed by atoms with van der Waals surface area (Å²) in [5.74, 6) is -0.711. The number of carbonyl (C=O) groups is 4. The van der Waals surface area contributed by atoms with Crippen LogP contribution in [0.3, 0.4) is 0 Å². The molecule has 0 atom stereocenters. The molecule has 1 heterocycles. The SMILES string of the molecule is CCCOc1ccc(N2C(=O)NC(=O)/C(=C\c3ccc(OCC(=O)Nc4ccccc4Cl)c(OCC)c3)C2=O)cc1OCC. The van der Waals surface area contributed by atoms with Crippen molar-refractivity contribution in [1.82, 2.24) is 5.32 Å². The number of ether oxygens (including phenoxy) is 4. The van der Waals surface area contributed by atoms with Crippen LogP contribution in [0.25, 0.3) is 6.08 Å². The number of barbiturate groups is 1. The van der Waals surface area contributed by atoms with Gasteiger partial charge in [0.05, 0.1) is 36.2 Å². The molecule has 0 aromatic heterocycles. The van der Waals surface area contributed by atoms with Gasteiger partial charge < -0.3 is 24.3 Å². The van der Waals surface area contributed by atoms with E-state index in [-0.39, 0.29) is 36.0 Å². The van der Waals surface area contributed by atoms with Gasteiger partial charge in [0, 0.05) is 6.07 Å². The molecule has 0 spiro atoms. The van der Waals surface area contributed by atoms with Gasteiger partial charge in [0.25, 0.3) is 17.7 Å². The Kier molecular flexibility index (Phi) is 10.8. The van der Waals surface area contributed by atoms with Gasteiger partial charge >= 0.3 is 6.03 Å². The lowest BCUT2D eigenvalue weighted by molar-refractivity contribution is -0.122. The molecule has 0 aliphatic carbocycles. The molecule has 0 radical (unpaired) electrons. The molecule has 11 nitrogen and oxygen atoms in total. The first-order valence-corrected chi connectivity index (χ1v) is 14.4. The number of para-hydroxylation sites is 1. The maximum atomic E-state index is 13.5. The lowest BCUT2D eigenvalue weighted by Gasteiger charge is -2.27. The Morgan fingerprint density at radius 2 is 1.55 bits per heavy atom. The predicted octanol–water partition coefficient (Wildman–Crippen LogP) is 5.61. The molecule has 1 aliphatic rings. The highest BCUT2D eigenvalue weighted by Crippen LogP contribution is 2.34. The van der Waals surface area contributed by atoms with E-state index in [0.717, 1.165) is 11.3 Å². The number of amides is 5. The van der Waals surface area contributed by atoms with E-state index < -0.39 is 23.8 Å². The fourth-order valence-electron chi connectivity index (χ4n) is 4.19. The van der Waals surface area contributed by atoms with Crippen LogP contribution in [0, 0.1) is 0 Å². The largest absolute Gasteiger partial charge is 0.490 e. The molecule has 5 amide bonds. The Labute approximate surface area is 259 Å². The normalized spacial score (nSPS) is 13.9. The summed E-state index contributed by atoms with van der Waals surface area (Å²) in [5, 5.41) is 5.28. The van der Waals surface area contributed by atoms with Crippen molar-refractivity contribution in [3.63, 3.8) is 0 Å². The Morgan fingerprint density at radius 3 is 2.25 bits per heavy atom. The van der Waals surface area contributed by atoms with Crippen molar-refractivity contribution in [3.05, 3.63) is 76.8 Å². The highest BCUT2D eigenvalue weighted by molar-refractivity contribution is 6.39. The molecular weight excluding hydrogens is 590 g/mol. The van der Waals surface area contributed by atoms with E-state index in [4.69, 9.17) is 30.5 Å². The number of urea groups is 1. The van der Waals surface area contributed by atoms with Gasteiger partial charge in [-0.1, -0.05) is 36.7 Å². The summed E-state index contributed by atoms with van der Waals surface area (Å²) in [5.41, 5.74) is 0.802. The van der Waals surface area contributed by atoms with Gasteiger partial charge in [-0.05, 0) is 68.3 Å². The van der Waals surface area contributed by atoms with E-state index in [2.05, 4.69) is 10.6 Å². The third kappa shape index (κ3) is 7.67. The van der Waals surface area contributed by atoms with E-state index in [1.165, 1.54) is 12.1 Å². The van der Waals surface area contributed by atoms with Gasteiger partial charge in [0.1, 0.15) is 5.57 Å². The van der Waals surface area contributed by atoms with Crippen LogP contribution in [0.2, 0.25) is 5.02 Å². The molecular formula is C32H32ClN3O8. The minimum atomic E-state index is -0.893. The Balaban J connectivity index is 1.56. The molecule has 230 valence electrons. The number of nitrogens with zero attached hydrogens (tertiary/aromatic N) is 1. The van der Waals surface area contributed by atoms with Crippen LogP contribution in [0.15, 0.2) is 66.2 Å². The first-order valence-electron chi connectivity index (χ1n) is 14.0. The average Bonchev–Trinajstić information content (AvgIpc) is 3.00. The number of benzene rings is 3. The summed E-state index contributed by atoms with van der Waals surface area (Å²) >= 11 is 6.10. The second-order valence-electron chi connectivity index (χ2n) is 9.33. The first kappa shape index (κ1) is 31.9. The molecule has 4 rings (SSSR count). The van der Waals surface area contributed by atoms with Gasteiger partial charge in [0.2, 0.25) is 0 Å². The van der Waals surface area contributed by atoms with Crippen molar-refractivity contribution in [2.45, 2.75) is 27.2 Å². The number of anilines is 2. The Bertz CT molecular complexity index is 1590. The van der Waals surface area contributed by atoms with Crippen LogP contribution in [0.1, 0.15) is 32.8 Å². The highest BCUT2D eigenvalue weighted by Gasteiger charge is 2.37. The highest BCUT2D eigenvalue weighted by atomic mass is 35.5. The molecule has 44 heavy (non-hydrogen) atoms. The maximum absolute atomic E-state index is 13.5. The smallest absolute Gasteiger partial charge is 0.335 e. The fourth-order valence-corrected chi connectivity index (χ4v) is 4.37. The number of hydrogen-bond donors (Lipinski definition) is 2. The molecule has 2 N–H and O–H groups in total. The number of imide groups is 2. The second kappa shape index (κ2) is 14.9. The monoisotopic (exact) mass is 621 g/mol. The van der Waals surface area contributed by atoms with Crippen molar-refractivity contribution in [2.75, 3.05) is 36.6 Å². The number of hydrogen-bond acceptors (Lipinski definition) is 8. The van der Waals surface area contributed by atoms with Crippen molar-refractivity contribution in [1.29, 1.82) is 0 Å². The number of rotatable bonds is 13. The maximum Gasteiger partial charge on any atom is 0.335 e. The van der Waals surface area contributed by atoms with Crippen molar-refractivity contribution in [3.8, 4) is 23.0 Å². The summed E-state index contributed by atoms with van der Waals surface area (Å²) in [6.07, 6.45) is 2.13. The van der Waals surface area contributed by atoms with Crippen molar-refractivity contribution < 1.29 is 38.1 Å². The van der Waals surface area contributed by atoms with Crippen LogP contribution < -0.4 is 34.5 Å². The minimum absolute atomic E-state index is 0.201. The third-order valence-corrected chi connectivity index (χ3v) is 6.46. The average molecular weight is 622 g/mol. The van der Waals surface area contributed by atoms with Crippen molar-refractivity contribution in [2.24, 2.45) is 0 Å². The summed E-state index contributed by atoms with van der Waals surface area (Å²) in [4.78, 5) is 52.3. The molecule has 1 saturated heterocycles. The summed E-state index contributed by atoms with van der Waals surface area (Å²) in [7, 11) is 0. The van der Waals surface area contributed by atoms with Gasteiger partial charge in [-0.15, -0.1) is 0 Å². The lowest BCUT2D eigenvalue weighted by Crippen LogP contribution is -2.54. The first-order chi connectivity index (χ1) is 21.2. The van der Waals surface area contributed by atoms with Gasteiger partial charge in [-0.25, -0.2) is 9.69 Å². The summed E-state index contributed by atoms with van der Waals surface area (Å²) in [6, 6.07) is 15.3. The van der Waals surface area contributed by atoms with E-state index >= 15 is 0 Å². The lowest BCUT2D eigenvalue weighted by atomic mass is 10.1. The standard InChI is InChI=1S/C32H32ClN3O8/c1-4-15-43-25-14-12-21(18-28(25)42-6-3)36-31(39)22(30(38)35-32(36)40)16-20-11-13-26(27(17-20)41-5-2)44-19-29(37)34-24-10-8-7-9-23(24)33/h7-14,16-18H,4-6,15,19H2,1-3H3,(H,34,37)(H,35,38,40)/b22-16+.